The van der Waals surface area contributed by atoms with E-state index in [1.54, 1.807) is 0 Å². The highest BCUT2D eigenvalue weighted by atomic mass is 16.3. The van der Waals surface area contributed by atoms with Crippen LogP contribution in [0, 0.1) is 5.92 Å². The molecular formula is C13H22N2O. The second-order valence-electron chi connectivity index (χ2n) is 4.21. The van der Waals surface area contributed by atoms with Crippen LogP contribution in [0.4, 0.5) is 5.69 Å². The first-order chi connectivity index (χ1) is 7.77. The Bertz CT molecular complexity index is 277. The van der Waals surface area contributed by atoms with Gasteiger partial charge in [-0.2, -0.15) is 0 Å². The van der Waals surface area contributed by atoms with Crippen molar-refractivity contribution >= 4 is 5.69 Å². The summed E-state index contributed by atoms with van der Waals surface area (Å²) in [6.45, 7) is 4.81. The number of aliphatic hydroxyl groups is 1. The highest BCUT2D eigenvalue weighted by Crippen LogP contribution is 2.15. The number of nitrogens with zero attached hydrogens (tertiary/aromatic N) is 1. The number of anilines is 1. The van der Waals surface area contributed by atoms with Gasteiger partial charge in [0.25, 0.3) is 0 Å². The molecule has 0 aliphatic carbocycles. The Morgan fingerprint density at radius 2 is 2.00 bits per heavy atom. The van der Waals surface area contributed by atoms with Crippen molar-refractivity contribution in [2.24, 2.45) is 11.7 Å². The minimum atomic E-state index is 0.228. The molecule has 3 N–H and O–H groups in total. The fraction of sp³-hybridized carbons (Fsp3) is 0.538. The van der Waals surface area contributed by atoms with Crippen LogP contribution in [0.15, 0.2) is 30.3 Å². The van der Waals surface area contributed by atoms with E-state index in [0.29, 0.717) is 6.54 Å². The Labute approximate surface area is 97.9 Å². The highest BCUT2D eigenvalue weighted by molar-refractivity contribution is 5.45. The van der Waals surface area contributed by atoms with E-state index in [0.717, 1.165) is 19.5 Å². The molecule has 0 aliphatic heterocycles. The minimum absolute atomic E-state index is 0.228. The quantitative estimate of drug-likeness (QED) is 0.734. The first-order valence-corrected chi connectivity index (χ1v) is 5.89. The molecule has 3 heteroatoms. The molecule has 0 spiro atoms. The highest BCUT2D eigenvalue weighted by Gasteiger charge is 2.09. The van der Waals surface area contributed by atoms with E-state index < -0.39 is 0 Å². The molecule has 1 rings (SSSR count). The van der Waals surface area contributed by atoms with Crippen molar-refractivity contribution in [2.45, 2.75) is 13.3 Å². The summed E-state index contributed by atoms with van der Waals surface area (Å²) >= 11 is 0. The van der Waals surface area contributed by atoms with E-state index in [1.165, 1.54) is 5.69 Å². The molecule has 0 aliphatic rings. The van der Waals surface area contributed by atoms with E-state index in [1.807, 2.05) is 18.2 Å². The lowest BCUT2D eigenvalue weighted by atomic mass is 10.1. The van der Waals surface area contributed by atoms with Crippen LogP contribution in [-0.4, -0.2) is 31.3 Å². The molecular weight excluding hydrogens is 200 g/mol. The van der Waals surface area contributed by atoms with E-state index in [-0.39, 0.29) is 12.5 Å². The van der Waals surface area contributed by atoms with Gasteiger partial charge in [0.15, 0.2) is 0 Å². The average Bonchev–Trinajstić information content (AvgIpc) is 2.35. The van der Waals surface area contributed by atoms with Crippen molar-refractivity contribution in [3.05, 3.63) is 30.3 Å². The first-order valence-electron chi connectivity index (χ1n) is 5.89. The molecule has 0 amide bonds. The third-order valence-electron chi connectivity index (χ3n) is 2.60. The zero-order valence-electron chi connectivity index (χ0n) is 9.97. The van der Waals surface area contributed by atoms with E-state index in [9.17, 15) is 0 Å². The molecule has 1 aromatic carbocycles. The second kappa shape index (κ2) is 7.25. The zero-order valence-corrected chi connectivity index (χ0v) is 9.97. The third-order valence-corrected chi connectivity index (χ3v) is 2.60. The number of nitrogens with two attached hydrogens (primary N) is 1. The van der Waals surface area contributed by atoms with E-state index >= 15 is 0 Å². The van der Waals surface area contributed by atoms with Crippen molar-refractivity contribution in [3.8, 4) is 0 Å². The predicted octanol–water partition coefficient (Wildman–Crippen LogP) is 1.47. The van der Waals surface area contributed by atoms with Crippen molar-refractivity contribution in [1.82, 2.24) is 0 Å². The van der Waals surface area contributed by atoms with Gasteiger partial charge in [-0.05, 0) is 31.0 Å². The summed E-state index contributed by atoms with van der Waals surface area (Å²) in [6.07, 6.45) is 0.979. The molecule has 0 saturated carbocycles. The van der Waals surface area contributed by atoms with Crippen LogP contribution in [0.2, 0.25) is 0 Å². The number of hydrogen-bond acceptors (Lipinski definition) is 3. The van der Waals surface area contributed by atoms with Crippen molar-refractivity contribution in [2.75, 3.05) is 31.1 Å². The maximum absolute atomic E-state index is 9.10. The number of hydrogen-bond donors (Lipinski definition) is 2. The zero-order chi connectivity index (χ0) is 11.8. The molecule has 0 heterocycles. The Balaban J connectivity index is 2.63. The van der Waals surface area contributed by atoms with Gasteiger partial charge in [-0.1, -0.05) is 25.1 Å². The van der Waals surface area contributed by atoms with Gasteiger partial charge in [0.1, 0.15) is 0 Å². The normalized spacial score (nSPS) is 12.4. The average molecular weight is 222 g/mol. The Morgan fingerprint density at radius 3 is 2.56 bits per heavy atom. The van der Waals surface area contributed by atoms with Gasteiger partial charge in [-0.3, -0.25) is 0 Å². The molecule has 0 saturated heterocycles. The number of rotatable bonds is 7. The molecule has 16 heavy (non-hydrogen) atoms. The summed E-state index contributed by atoms with van der Waals surface area (Å²) in [5.74, 6) is 0.290. The largest absolute Gasteiger partial charge is 0.396 e. The Morgan fingerprint density at radius 1 is 1.31 bits per heavy atom. The summed E-state index contributed by atoms with van der Waals surface area (Å²) in [5.41, 5.74) is 6.75. The van der Waals surface area contributed by atoms with Gasteiger partial charge in [0, 0.05) is 25.4 Å². The fourth-order valence-electron chi connectivity index (χ4n) is 1.68. The van der Waals surface area contributed by atoms with Crippen molar-refractivity contribution < 1.29 is 5.11 Å². The molecule has 0 radical (unpaired) electrons. The lowest BCUT2D eigenvalue weighted by Crippen LogP contribution is -2.31. The maximum Gasteiger partial charge on any atom is 0.0473 e. The van der Waals surface area contributed by atoms with Gasteiger partial charge in [-0.15, -0.1) is 0 Å². The van der Waals surface area contributed by atoms with Crippen LogP contribution in [-0.2, 0) is 0 Å². The van der Waals surface area contributed by atoms with Crippen molar-refractivity contribution in [1.29, 1.82) is 0 Å². The van der Waals surface area contributed by atoms with Gasteiger partial charge in [0.2, 0.25) is 0 Å². The van der Waals surface area contributed by atoms with Gasteiger partial charge in [-0.25, -0.2) is 0 Å². The van der Waals surface area contributed by atoms with Gasteiger partial charge < -0.3 is 15.7 Å². The summed E-state index contributed by atoms with van der Waals surface area (Å²) in [4.78, 5) is 2.29. The summed E-state index contributed by atoms with van der Waals surface area (Å²) < 4.78 is 0. The van der Waals surface area contributed by atoms with E-state index in [4.69, 9.17) is 10.8 Å². The summed E-state index contributed by atoms with van der Waals surface area (Å²) in [7, 11) is 0. The molecule has 0 fully saturated rings. The summed E-state index contributed by atoms with van der Waals surface area (Å²) in [5, 5.41) is 9.10. The number of para-hydroxylation sites is 1. The van der Waals surface area contributed by atoms with Crippen LogP contribution in [0.1, 0.15) is 13.3 Å². The Kier molecular flexibility index (Phi) is 5.90. The molecule has 1 aromatic rings. The van der Waals surface area contributed by atoms with Crippen LogP contribution in [0.5, 0.6) is 0 Å². The molecule has 1 atom stereocenters. The molecule has 1 unspecified atom stereocenters. The van der Waals surface area contributed by atoms with Crippen molar-refractivity contribution in [3.63, 3.8) is 0 Å². The van der Waals surface area contributed by atoms with Crippen LogP contribution >= 0.6 is 0 Å². The van der Waals surface area contributed by atoms with Crippen LogP contribution < -0.4 is 10.6 Å². The lowest BCUT2D eigenvalue weighted by molar-refractivity contribution is 0.239. The fourth-order valence-corrected chi connectivity index (χ4v) is 1.68. The maximum atomic E-state index is 9.10. The van der Waals surface area contributed by atoms with Gasteiger partial charge in [0.05, 0.1) is 0 Å². The number of benzene rings is 1. The Hall–Kier alpha value is -1.06. The number of aliphatic hydroxyl groups excluding tert-OH is 1. The van der Waals surface area contributed by atoms with E-state index in [2.05, 4.69) is 24.0 Å². The van der Waals surface area contributed by atoms with Crippen LogP contribution in [0.25, 0.3) is 0 Å². The summed E-state index contributed by atoms with van der Waals surface area (Å²) in [6, 6.07) is 10.3. The smallest absolute Gasteiger partial charge is 0.0473 e. The first kappa shape index (κ1) is 13.0. The second-order valence-corrected chi connectivity index (χ2v) is 4.21. The predicted molar refractivity (Wildman–Crippen MR) is 68.6 cm³/mol. The van der Waals surface area contributed by atoms with Gasteiger partial charge >= 0.3 is 0 Å². The third kappa shape index (κ3) is 4.21. The minimum Gasteiger partial charge on any atom is -0.396 e. The van der Waals surface area contributed by atoms with Crippen LogP contribution in [0.3, 0.4) is 0 Å². The lowest BCUT2D eigenvalue weighted by Gasteiger charge is -2.27. The molecule has 0 aromatic heterocycles. The molecule has 0 bridgehead atoms. The SMILES string of the molecule is CC(CO)CN(CCCN)c1ccccc1. The topological polar surface area (TPSA) is 49.5 Å². The molecule has 3 nitrogen and oxygen atoms in total. The monoisotopic (exact) mass is 222 g/mol. The molecule has 90 valence electrons. The standard InChI is InChI=1S/C13H22N2O/c1-12(11-16)10-15(9-5-8-14)13-6-3-2-4-7-13/h2-4,6-7,12,16H,5,8-11,14H2,1H3.